The molecular weight excluding hydrogens is 464 g/mol. The number of aryl methyl sites for hydroxylation is 1. The highest BCUT2D eigenvalue weighted by molar-refractivity contribution is 6.46. The lowest BCUT2D eigenvalue weighted by molar-refractivity contribution is -0.384. The number of nitro groups is 1. The van der Waals surface area contributed by atoms with E-state index in [1.807, 2.05) is 11.5 Å². The molecule has 0 bridgehead atoms. The van der Waals surface area contributed by atoms with Gasteiger partial charge in [-0.3, -0.25) is 19.7 Å². The maximum atomic E-state index is 13.1. The number of ketones is 1. The van der Waals surface area contributed by atoms with Crippen molar-refractivity contribution in [3.8, 4) is 5.75 Å². The summed E-state index contributed by atoms with van der Waals surface area (Å²) in [5, 5.41) is 22.3. The summed E-state index contributed by atoms with van der Waals surface area (Å²) in [4.78, 5) is 42.2. The van der Waals surface area contributed by atoms with Gasteiger partial charge < -0.3 is 19.3 Å². The third kappa shape index (κ3) is 5.12. The summed E-state index contributed by atoms with van der Waals surface area (Å²) in [7, 11) is 0. The number of Topliss-reactive ketones (excluding diaryl/α,β-unsaturated/α-hetero) is 1. The van der Waals surface area contributed by atoms with E-state index in [4.69, 9.17) is 4.74 Å². The molecule has 2 aromatic carbocycles. The van der Waals surface area contributed by atoms with E-state index in [1.165, 1.54) is 29.2 Å². The van der Waals surface area contributed by atoms with E-state index in [0.717, 1.165) is 6.42 Å². The van der Waals surface area contributed by atoms with E-state index in [-0.39, 0.29) is 23.6 Å². The molecule has 0 saturated carbocycles. The van der Waals surface area contributed by atoms with Crippen LogP contribution in [0.2, 0.25) is 0 Å². The molecule has 0 unspecified atom stereocenters. The van der Waals surface area contributed by atoms with E-state index in [1.54, 1.807) is 43.0 Å². The number of amides is 1. The topological polar surface area (TPSA) is 128 Å². The van der Waals surface area contributed by atoms with E-state index >= 15 is 0 Å². The van der Waals surface area contributed by atoms with Crippen molar-refractivity contribution >= 4 is 23.1 Å². The predicted molar refractivity (Wildman–Crippen MR) is 131 cm³/mol. The van der Waals surface area contributed by atoms with Crippen LogP contribution in [0, 0.1) is 10.1 Å². The molecule has 1 amide bonds. The number of nitrogens with zero attached hydrogens (tertiary/aromatic N) is 4. The van der Waals surface area contributed by atoms with Crippen LogP contribution in [0.1, 0.15) is 36.9 Å². The van der Waals surface area contributed by atoms with Crippen molar-refractivity contribution in [1.82, 2.24) is 14.5 Å². The van der Waals surface area contributed by atoms with Gasteiger partial charge in [-0.1, -0.05) is 6.92 Å². The smallest absolute Gasteiger partial charge is 0.295 e. The summed E-state index contributed by atoms with van der Waals surface area (Å²) in [6, 6.07) is 11.4. The number of nitro benzene ring substituents is 1. The van der Waals surface area contributed by atoms with Gasteiger partial charge in [0.2, 0.25) is 0 Å². The summed E-state index contributed by atoms with van der Waals surface area (Å²) in [5.74, 6) is -1.21. The molecule has 1 saturated heterocycles. The minimum Gasteiger partial charge on any atom is -0.507 e. The first-order valence-corrected chi connectivity index (χ1v) is 11.6. The molecule has 1 fully saturated rings. The first-order chi connectivity index (χ1) is 17.4. The van der Waals surface area contributed by atoms with Crippen LogP contribution in [0.15, 0.2) is 72.8 Å². The molecule has 3 aromatic rings. The van der Waals surface area contributed by atoms with Crippen LogP contribution < -0.4 is 4.74 Å². The Kier molecular flexibility index (Phi) is 7.43. The fraction of sp³-hybridized carbons (Fsp3) is 0.269. The number of imidazole rings is 1. The predicted octanol–water partition coefficient (Wildman–Crippen LogP) is 4.09. The monoisotopic (exact) mass is 490 g/mol. The van der Waals surface area contributed by atoms with Gasteiger partial charge in [-0.25, -0.2) is 4.98 Å². The van der Waals surface area contributed by atoms with Crippen LogP contribution >= 0.6 is 0 Å². The van der Waals surface area contributed by atoms with Crippen LogP contribution in [-0.2, 0) is 16.1 Å². The fourth-order valence-corrected chi connectivity index (χ4v) is 4.16. The van der Waals surface area contributed by atoms with Gasteiger partial charge in [0, 0.05) is 43.2 Å². The van der Waals surface area contributed by atoms with Gasteiger partial charge in [0.05, 0.1) is 29.5 Å². The molecule has 186 valence electrons. The Morgan fingerprint density at radius 2 is 1.83 bits per heavy atom. The van der Waals surface area contributed by atoms with E-state index in [2.05, 4.69) is 4.98 Å². The van der Waals surface area contributed by atoms with Gasteiger partial charge in [-0.05, 0) is 54.8 Å². The molecule has 1 N–H and O–H groups in total. The third-order valence-corrected chi connectivity index (χ3v) is 5.93. The van der Waals surface area contributed by atoms with Crippen molar-refractivity contribution in [2.45, 2.75) is 32.4 Å². The summed E-state index contributed by atoms with van der Waals surface area (Å²) in [6.45, 7) is 3.36. The Bertz CT molecular complexity index is 1270. The standard InChI is InChI=1S/C26H26N4O6/c1-2-16-36-21-10-6-19(7-11-21)24(31)22-23(18-4-8-20(9-5-18)30(34)35)29(26(33)25(22)32)14-3-13-28-15-12-27-17-28/h4-12,15,17,23,31H,2-3,13-14,16H2,1H3/t23-/m1/s1. The quantitative estimate of drug-likeness (QED) is 0.149. The van der Waals surface area contributed by atoms with Gasteiger partial charge in [-0.2, -0.15) is 0 Å². The minimum absolute atomic E-state index is 0.0567. The second kappa shape index (κ2) is 10.9. The Hall–Kier alpha value is -4.47. The number of likely N-dealkylation sites (tertiary alicyclic amines) is 1. The molecule has 2 heterocycles. The lowest BCUT2D eigenvalue weighted by Gasteiger charge is -2.25. The van der Waals surface area contributed by atoms with Gasteiger partial charge in [0.25, 0.3) is 17.4 Å². The maximum Gasteiger partial charge on any atom is 0.295 e. The normalized spacial score (nSPS) is 16.9. The van der Waals surface area contributed by atoms with Crippen molar-refractivity contribution in [2.75, 3.05) is 13.2 Å². The molecule has 10 nitrogen and oxygen atoms in total. The lowest BCUT2D eigenvalue weighted by atomic mass is 9.95. The minimum atomic E-state index is -0.885. The number of rotatable bonds is 10. The number of hydrogen-bond donors (Lipinski definition) is 1. The van der Waals surface area contributed by atoms with Crippen molar-refractivity contribution in [3.63, 3.8) is 0 Å². The zero-order chi connectivity index (χ0) is 25.7. The molecule has 0 radical (unpaired) electrons. The van der Waals surface area contributed by atoms with Crippen LogP contribution in [0.5, 0.6) is 5.75 Å². The highest BCUT2D eigenvalue weighted by Crippen LogP contribution is 2.40. The molecule has 1 aliphatic heterocycles. The maximum absolute atomic E-state index is 13.1. The number of aromatic nitrogens is 2. The van der Waals surface area contributed by atoms with Crippen molar-refractivity contribution in [1.29, 1.82) is 0 Å². The number of carbonyl (C=O) groups is 2. The Morgan fingerprint density at radius 3 is 2.44 bits per heavy atom. The van der Waals surface area contributed by atoms with Crippen LogP contribution in [0.25, 0.3) is 5.76 Å². The Balaban J connectivity index is 1.70. The van der Waals surface area contributed by atoms with Crippen molar-refractivity contribution < 1.29 is 24.4 Å². The van der Waals surface area contributed by atoms with Gasteiger partial charge in [0.1, 0.15) is 11.5 Å². The molecule has 0 aliphatic carbocycles. The average Bonchev–Trinajstić information content (AvgIpc) is 3.50. The molecular formula is C26H26N4O6. The SMILES string of the molecule is CCCOc1ccc(C(O)=C2C(=O)C(=O)N(CCCn3ccnc3)[C@@H]2c2ccc([N+](=O)[O-])cc2)cc1. The molecule has 0 spiro atoms. The van der Waals surface area contributed by atoms with E-state index < -0.39 is 22.7 Å². The number of aliphatic hydroxyl groups excluding tert-OH is 1. The Morgan fingerprint density at radius 1 is 1.11 bits per heavy atom. The lowest BCUT2D eigenvalue weighted by Crippen LogP contribution is -2.31. The zero-order valence-electron chi connectivity index (χ0n) is 19.7. The number of hydrogen-bond acceptors (Lipinski definition) is 7. The molecule has 4 rings (SSSR count). The average molecular weight is 491 g/mol. The summed E-state index contributed by atoms with van der Waals surface area (Å²) >= 11 is 0. The number of benzene rings is 2. The van der Waals surface area contributed by atoms with Gasteiger partial charge >= 0.3 is 0 Å². The van der Waals surface area contributed by atoms with Crippen molar-refractivity contribution in [2.24, 2.45) is 0 Å². The summed E-state index contributed by atoms with van der Waals surface area (Å²) < 4.78 is 7.44. The summed E-state index contributed by atoms with van der Waals surface area (Å²) in [5.41, 5.74) is 0.686. The van der Waals surface area contributed by atoms with E-state index in [0.29, 0.717) is 36.4 Å². The molecule has 1 atom stereocenters. The second-order valence-corrected chi connectivity index (χ2v) is 8.37. The second-order valence-electron chi connectivity index (χ2n) is 8.37. The molecule has 1 aliphatic rings. The number of ether oxygens (including phenoxy) is 1. The number of aliphatic hydroxyl groups is 1. The molecule has 36 heavy (non-hydrogen) atoms. The number of non-ortho nitro benzene ring substituents is 1. The van der Waals surface area contributed by atoms with Gasteiger partial charge in [-0.15, -0.1) is 0 Å². The van der Waals surface area contributed by atoms with E-state index in [9.17, 15) is 24.8 Å². The fourth-order valence-electron chi connectivity index (χ4n) is 4.16. The highest BCUT2D eigenvalue weighted by atomic mass is 16.6. The molecule has 1 aromatic heterocycles. The zero-order valence-corrected chi connectivity index (χ0v) is 19.7. The highest BCUT2D eigenvalue weighted by Gasteiger charge is 2.45. The van der Waals surface area contributed by atoms with Crippen LogP contribution in [0.3, 0.4) is 0 Å². The Labute approximate surface area is 207 Å². The van der Waals surface area contributed by atoms with Gasteiger partial charge in [0.15, 0.2) is 0 Å². The third-order valence-electron chi connectivity index (χ3n) is 5.93. The largest absolute Gasteiger partial charge is 0.507 e. The van der Waals surface area contributed by atoms with Crippen molar-refractivity contribution in [3.05, 3.63) is 94.1 Å². The first kappa shape index (κ1) is 24.6. The summed E-state index contributed by atoms with van der Waals surface area (Å²) in [6.07, 6.45) is 6.50. The molecule has 10 heteroatoms. The number of carbonyl (C=O) groups excluding carboxylic acids is 2. The van der Waals surface area contributed by atoms with Crippen LogP contribution in [0.4, 0.5) is 5.69 Å². The first-order valence-electron chi connectivity index (χ1n) is 11.6. The van der Waals surface area contributed by atoms with Crippen LogP contribution in [-0.4, -0.2) is 49.3 Å².